The van der Waals surface area contributed by atoms with Crippen molar-refractivity contribution in [3.8, 4) is 5.75 Å². The maximum absolute atomic E-state index is 11.6. The summed E-state index contributed by atoms with van der Waals surface area (Å²) in [6, 6.07) is 14.1. The van der Waals surface area contributed by atoms with E-state index in [2.05, 4.69) is 10.1 Å². The zero-order chi connectivity index (χ0) is 18.8. The Labute approximate surface area is 152 Å². The number of aromatic hydroxyl groups is 1. The van der Waals surface area contributed by atoms with Crippen molar-refractivity contribution < 1.29 is 24.2 Å². The number of hydrogen-bond acceptors (Lipinski definition) is 5. The van der Waals surface area contributed by atoms with Gasteiger partial charge >= 0.3 is 12.1 Å². The minimum absolute atomic E-state index is 0.109. The van der Waals surface area contributed by atoms with Crippen LogP contribution in [0.3, 0.4) is 0 Å². The first-order valence-electron chi connectivity index (χ1n) is 8.12. The number of nitrogens with one attached hydrogen (secondary N) is 1. The lowest BCUT2D eigenvalue weighted by Crippen LogP contribution is -2.24. The second-order valence-corrected chi connectivity index (χ2v) is 5.45. The predicted molar refractivity (Wildman–Crippen MR) is 97.7 cm³/mol. The highest BCUT2D eigenvalue weighted by molar-refractivity contribution is 5.93. The Morgan fingerprint density at radius 3 is 2.65 bits per heavy atom. The van der Waals surface area contributed by atoms with Crippen LogP contribution in [0.4, 0.5) is 4.79 Å². The molecule has 136 valence electrons. The van der Waals surface area contributed by atoms with Gasteiger partial charge in [0, 0.05) is 6.54 Å². The van der Waals surface area contributed by atoms with E-state index in [1.54, 1.807) is 18.2 Å². The Kier molecular flexibility index (Phi) is 7.24. The lowest BCUT2D eigenvalue weighted by atomic mass is 10.1. The summed E-state index contributed by atoms with van der Waals surface area (Å²) >= 11 is 0. The summed E-state index contributed by atoms with van der Waals surface area (Å²) in [7, 11) is 1.26. The molecule has 0 heterocycles. The van der Waals surface area contributed by atoms with Gasteiger partial charge in [-0.25, -0.2) is 9.59 Å². The first-order valence-corrected chi connectivity index (χ1v) is 8.12. The number of carbonyl (C=O) groups excluding carboxylic acids is 2. The number of amides is 1. The summed E-state index contributed by atoms with van der Waals surface area (Å²) in [5.41, 5.74) is 1.78. The number of alkyl carbamates (subject to hydrolysis) is 1. The van der Waals surface area contributed by atoms with Gasteiger partial charge in [0.05, 0.1) is 7.11 Å². The monoisotopic (exact) mass is 355 g/mol. The minimum Gasteiger partial charge on any atom is -0.507 e. The molecular weight excluding hydrogens is 334 g/mol. The van der Waals surface area contributed by atoms with Gasteiger partial charge in [-0.1, -0.05) is 48.6 Å². The lowest BCUT2D eigenvalue weighted by molar-refractivity contribution is 0.0597. The molecule has 0 aliphatic heterocycles. The number of phenolic OH excluding ortho intramolecular Hbond substituents is 1. The predicted octanol–water partition coefficient (Wildman–Crippen LogP) is 3.51. The molecule has 2 aromatic carbocycles. The zero-order valence-electron chi connectivity index (χ0n) is 14.5. The van der Waals surface area contributed by atoms with Gasteiger partial charge in [0.2, 0.25) is 0 Å². The van der Waals surface area contributed by atoms with Crippen LogP contribution in [-0.2, 0) is 16.1 Å². The highest BCUT2D eigenvalue weighted by Crippen LogP contribution is 2.20. The Morgan fingerprint density at radius 2 is 1.92 bits per heavy atom. The van der Waals surface area contributed by atoms with Gasteiger partial charge in [-0.05, 0) is 29.7 Å². The fourth-order valence-electron chi connectivity index (χ4n) is 2.18. The van der Waals surface area contributed by atoms with Crippen molar-refractivity contribution in [2.24, 2.45) is 0 Å². The van der Waals surface area contributed by atoms with Gasteiger partial charge < -0.3 is 19.9 Å². The first kappa shape index (κ1) is 19.1. The third-order valence-electron chi connectivity index (χ3n) is 3.53. The van der Waals surface area contributed by atoms with Crippen LogP contribution in [0.1, 0.15) is 27.9 Å². The molecule has 0 bridgehead atoms. The van der Waals surface area contributed by atoms with Crippen molar-refractivity contribution >= 4 is 18.1 Å². The van der Waals surface area contributed by atoms with Crippen molar-refractivity contribution in [2.45, 2.75) is 13.0 Å². The van der Waals surface area contributed by atoms with Gasteiger partial charge in [-0.2, -0.15) is 0 Å². The number of phenols is 1. The summed E-state index contributed by atoms with van der Waals surface area (Å²) < 4.78 is 9.72. The second kappa shape index (κ2) is 9.88. The Bertz CT molecular complexity index is 771. The Balaban J connectivity index is 1.74. The molecule has 0 aliphatic carbocycles. The van der Waals surface area contributed by atoms with E-state index in [-0.39, 0.29) is 17.9 Å². The first-order chi connectivity index (χ1) is 12.6. The molecule has 1 amide bonds. The van der Waals surface area contributed by atoms with E-state index in [1.165, 1.54) is 13.2 Å². The molecule has 26 heavy (non-hydrogen) atoms. The van der Waals surface area contributed by atoms with E-state index in [0.717, 1.165) is 11.1 Å². The third-order valence-corrected chi connectivity index (χ3v) is 3.53. The van der Waals surface area contributed by atoms with Crippen LogP contribution in [0, 0.1) is 0 Å². The maximum atomic E-state index is 11.6. The van der Waals surface area contributed by atoms with Crippen molar-refractivity contribution in [2.75, 3.05) is 13.7 Å². The van der Waals surface area contributed by atoms with Crippen LogP contribution in [0.15, 0.2) is 54.6 Å². The second-order valence-electron chi connectivity index (χ2n) is 5.45. The van der Waals surface area contributed by atoms with E-state index in [1.807, 2.05) is 36.4 Å². The summed E-state index contributed by atoms with van der Waals surface area (Å²) in [6.07, 6.45) is 3.77. The molecule has 2 rings (SSSR count). The molecule has 0 spiro atoms. The number of ether oxygens (including phenoxy) is 2. The van der Waals surface area contributed by atoms with Crippen LogP contribution < -0.4 is 5.32 Å². The summed E-state index contributed by atoms with van der Waals surface area (Å²) in [5, 5.41) is 12.3. The topological polar surface area (TPSA) is 84.9 Å². The number of methoxy groups -OCH3 is 1. The molecule has 2 N–H and O–H groups in total. The largest absolute Gasteiger partial charge is 0.507 e. The normalized spacial score (nSPS) is 10.5. The zero-order valence-corrected chi connectivity index (χ0v) is 14.5. The Morgan fingerprint density at radius 1 is 1.15 bits per heavy atom. The average molecular weight is 355 g/mol. The van der Waals surface area contributed by atoms with Crippen molar-refractivity contribution in [3.63, 3.8) is 0 Å². The highest BCUT2D eigenvalue weighted by Gasteiger charge is 2.11. The molecule has 0 unspecified atom stereocenters. The van der Waals surface area contributed by atoms with E-state index in [4.69, 9.17) is 4.74 Å². The summed E-state index contributed by atoms with van der Waals surface area (Å²) in [5.74, 6) is -0.725. The van der Waals surface area contributed by atoms with Crippen molar-refractivity contribution in [1.82, 2.24) is 5.32 Å². The van der Waals surface area contributed by atoms with Crippen LogP contribution in [-0.4, -0.2) is 30.8 Å². The smallest absolute Gasteiger partial charge is 0.407 e. The molecule has 0 radical (unpaired) electrons. The summed E-state index contributed by atoms with van der Waals surface area (Å²) in [4.78, 5) is 23.1. The Hall–Kier alpha value is -3.28. The fourth-order valence-corrected chi connectivity index (χ4v) is 2.18. The average Bonchev–Trinajstić information content (AvgIpc) is 2.67. The van der Waals surface area contributed by atoms with Crippen LogP contribution in [0.2, 0.25) is 0 Å². The highest BCUT2D eigenvalue weighted by atomic mass is 16.5. The molecule has 2 aromatic rings. The van der Waals surface area contributed by atoms with E-state index < -0.39 is 12.1 Å². The molecule has 6 heteroatoms. The molecule has 0 aliphatic rings. The molecule has 0 fully saturated rings. The number of carbonyl (C=O) groups is 2. The summed E-state index contributed by atoms with van der Waals surface area (Å²) in [6.45, 7) is 0.651. The molecule has 6 nitrogen and oxygen atoms in total. The third kappa shape index (κ3) is 5.98. The van der Waals surface area contributed by atoms with Gasteiger partial charge in [0.1, 0.15) is 17.9 Å². The maximum Gasteiger partial charge on any atom is 0.407 e. The number of benzene rings is 2. The molecular formula is C20H21NO5. The quantitative estimate of drug-likeness (QED) is 0.586. The van der Waals surface area contributed by atoms with Crippen LogP contribution >= 0.6 is 0 Å². The lowest BCUT2D eigenvalue weighted by Gasteiger charge is -2.06. The van der Waals surface area contributed by atoms with Crippen LogP contribution in [0.5, 0.6) is 5.75 Å². The van der Waals surface area contributed by atoms with Gasteiger partial charge in [0.15, 0.2) is 0 Å². The molecule has 0 saturated carbocycles. The van der Waals surface area contributed by atoms with E-state index in [9.17, 15) is 14.7 Å². The van der Waals surface area contributed by atoms with Gasteiger partial charge in [-0.3, -0.25) is 0 Å². The van der Waals surface area contributed by atoms with Gasteiger partial charge in [0.25, 0.3) is 0 Å². The standard InChI is InChI=1S/C20H21NO5/c1-25-19(23)17-13-15(10-11-18(17)22)7-5-6-12-21-20(24)26-14-16-8-3-2-4-9-16/h2-5,7-11,13,22H,6,12,14H2,1H3,(H,21,24). The molecule has 0 atom stereocenters. The minimum atomic E-state index is -0.597. The number of esters is 1. The van der Waals surface area contributed by atoms with Crippen molar-refractivity contribution in [1.29, 1.82) is 0 Å². The van der Waals surface area contributed by atoms with Crippen molar-refractivity contribution in [3.05, 3.63) is 71.3 Å². The number of hydrogen-bond donors (Lipinski definition) is 2. The molecule has 0 saturated heterocycles. The van der Waals surface area contributed by atoms with Crippen LogP contribution in [0.25, 0.3) is 6.08 Å². The van der Waals surface area contributed by atoms with Gasteiger partial charge in [-0.15, -0.1) is 0 Å². The number of rotatable bonds is 7. The fraction of sp³-hybridized carbons (Fsp3) is 0.200. The van der Waals surface area contributed by atoms with E-state index >= 15 is 0 Å². The van der Waals surface area contributed by atoms with E-state index in [0.29, 0.717) is 13.0 Å². The SMILES string of the molecule is COC(=O)c1cc(C=CCCNC(=O)OCc2ccccc2)ccc1O. The molecule has 0 aromatic heterocycles.